The summed E-state index contributed by atoms with van der Waals surface area (Å²) in [5, 5.41) is 4.77. The fraction of sp³-hybridized carbons (Fsp3) is 0.600. The van der Waals surface area contributed by atoms with Crippen LogP contribution in [0.1, 0.15) is 26.7 Å². The van der Waals surface area contributed by atoms with E-state index in [0.717, 1.165) is 0 Å². The molecule has 0 aliphatic carbocycles. The highest BCUT2D eigenvalue weighted by Gasteiger charge is 2.21. The third-order valence-electron chi connectivity index (χ3n) is 1.95. The molecule has 0 heterocycles. The number of primary amides is 1. The van der Waals surface area contributed by atoms with Gasteiger partial charge in [-0.05, 0) is 13.3 Å². The third kappa shape index (κ3) is 7.04. The van der Waals surface area contributed by atoms with Gasteiger partial charge in [-0.3, -0.25) is 14.4 Å². The number of nitrogens with one attached hydrogen (secondary N) is 2. The standard InChI is InChI=1S/C10H17N3O4/c1-6(5-14)12-10(17)8(13-7(2)15)3-4-9(11)16/h5-6,8H,3-4H2,1-2H3,(H2,11,16)(H,12,17)(H,13,15). The SMILES string of the molecule is CC(=O)NC(CCC(N)=O)C(=O)NC(C)C=O. The van der Waals surface area contributed by atoms with E-state index in [2.05, 4.69) is 10.6 Å². The van der Waals surface area contributed by atoms with Crippen molar-refractivity contribution in [1.29, 1.82) is 0 Å². The summed E-state index contributed by atoms with van der Waals surface area (Å²) in [6, 6.07) is -1.50. The minimum atomic E-state index is -0.859. The Labute approximate surface area is 99.1 Å². The van der Waals surface area contributed by atoms with E-state index in [1.165, 1.54) is 13.8 Å². The molecule has 4 N–H and O–H groups in total. The second-order valence-corrected chi connectivity index (χ2v) is 3.69. The van der Waals surface area contributed by atoms with Crippen molar-refractivity contribution >= 4 is 24.0 Å². The number of carbonyl (C=O) groups is 4. The van der Waals surface area contributed by atoms with Crippen molar-refractivity contribution in [3.05, 3.63) is 0 Å². The van der Waals surface area contributed by atoms with Crippen molar-refractivity contribution in [3.8, 4) is 0 Å². The summed E-state index contributed by atoms with van der Waals surface area (Å²) in [5.74, 6) is -1.47. The van der Waals surface area contributed by atoms with Crippen LogP contribution >= 0.6 is 0 Å². The fourth-order valence-electron chi connectivity index (χ4n) is 1.16. The van der Waals surface area contributed by atoms with Gasteiger partial charge in [-0.1, -0.05) is 0 Å². The maximum Gasteiger partial charge on any atom is 0.243 e. The Bertz CT molecular complexity index is 317. The maximum atomic E-state index is 11.6. The molecule has 0 aliphatic rings. The average Bonchev–Trinajstić information content (AvgIpc) is 2.22. The van der Waals surface area contributed by atoms with Crippen molar-refractivity contribution in [2.24, 2.45) is 5.73 Å². The van der Waals surface area contributed by atoms with Gasteiger partial charge in [0, 0.05) is 13.3 Å². The van der Waals surface area contributed by atoms with Gasteiger partial charge in [0.1, 0.15) is 12.3 Å². The molecule has 0 rings (SSSR count). The Morgan fingerprint density at radius 3 is 2.29 bits per heavy atom. The van der Waals surface area contributed by atoms with Gasteiger partial charge in [0.2, 0.25) is 17.7 Å². The molecule has 0 aromatic heterocycles. The summed E-state index contributed by atoms with van der Waals surface area (Å²) in [7, 11) is 0. The highest BCUT2D eigenvalue weighted by atomic mass is 16.2. The minimum Gasteiger partial charge on any atom is -0.370 e. The predicted molar refractivity (Wildman–Crippen MR) is 59.7 cm³/mol. The van der Waals surface area contributed by atoms with Crippen LogP contribution in [0.2, 0.25) is 0 Å². The lowest BCUT2D eigenvalue weighted by Crippen LogP contribution is -2.49. The molecule has 2 atom stereocenters. The zero-order chi connectivity index (χ0) is 13.4. The van der Waals surface area contributed by atoms with Crippen LogP contribution in [0.3, 0.4) is 0 Å². The molecule has 0 saturated carbocycles. The molecule has 7 nitrogen and oxygen atoms in total. The van der Waals surface area contributed by atoms with Gasteiger partial charge >= 0.3 is 0 Å². The Morgan fingerprint density at radius 2 is 1.88 bits per heavy atom. The first-order chi connectivity index (χ1) is 7.86. The van der Waals surface area contributed by atoms with Crippen LogP contribution in [0.4, 0.5) is 0 Å². The Kier molecular flexibility index (Phi) is 6.54. The molecule has 0 fully saturated rings. The number of nitrogens with two attached hydrogens (primary N) is 1. The van der Waals surface area contributed by atoms with Crippen LogP contribution in [0.5, 0.6) is 0 Å². The molecule has 0 aromatic carbocycles. The molecule has 17 heavy (non-hydrogen) atoms. The molecule has 7 heteroatoms. The third-order valence-corrected chi connectivity index (χ3v) is 1.95. The lowest BCUT2D eigenvalue weighted by Gasteiger charge is -2.18. The second-order valence-electron chi connectivity index (χ2n) is 3.69. The van der Waals surface area contributed by atoms with E-state index in [4.69, 9.17) is 5.73 Å². The maximum absolute atomic E-state index is 11.6. The molecule has 3 amide bonds. The first kappa shape index (κ1) is 15.1. The molecule has 0 aliphatic heterocycles. The number of carbonyl (C=O) groups excluding carboxylic acids is 4. The second kappa shape index (κ2) is 7.37. The van der Waals surface area contributed by atoms with Crippen LogP contribution in [-0.4, -0.2) is 36.1 Å². The molecule has 0 spiro atoms. The zero-order valence-corrected chi connectivity index (χ0v) is 9.86. The predicted octanol–water partition coefficient (Wildman–Crippen LogP) is -1.54. The molecular formula is C10H17N3O4. The Balaban J connectivity index is 4.43. The number of aldehydes is 1. The first-order valence-corrected chi connectivity index (χ1v) is 5.18. The summed E-state index contributed by atoms with van der Waals surface area (Å²) in [6.07, 6.45) is 0.650. The van der Waals surface area contributed by atoms with E-state index < -0.39 is 29.8 Å². The molecule has 0 aromatic rings. The van der Waals surface area contributed by atoms with Crippen molar-refractivity contribution in [3.63, 3.8) is 0 Å². The lowest BCUT2D eigenvalue weighted by atomic mass is 10.1. The largest absolute Gasteiger partial charge is 0.370 e. The fourth-order valence-corrected chi connectivity index (χ4v) is 1.16. The number of hydrogen-bond donors (Lipinski definition) is 3. The number of rotatable bonds is 7. The molecule has 96 valence electrons. The number of hydrogen-bond acceptors (Lipinski definition) is 4. The van der Waals surface area contributed by atoms with Crippen molar-refractivity contribution < 1.29 is 19.2 Å². The summed E-state index contributed by atoms with van der Waals surface area (Å²) < 4.78 is 0. The van der Waals surface area contributed by atoms with Crippen molar-refractivity contribution in [2.45, 2.75) is 38.8 Å². The average molecular weight is 243 g/mol. The van der Waals surface area contributed by atoms with Gasteiger partial charge in [0.15, 0.2) is 0 Å². The quantitative estimate of drug-likeness (QED) is 0.469. The van der Waals surface area contributed by atoms with E-state index in [1.54, 1.807) is 0 Å². The topological polar surface area (TPSA) is 118 Å². The van der Waals surface area contributed by atoms with Crippen LogP contribution in [-0.2, 0) is 19.2 Å². The molecule has 0 radical (unpaired) electrons. The molecule has 2 unspecified atom stereocenters. The minimum absolute atomic E-state index is 0.0200. The highest BCUT2D eigenvalue weighted by molar-refractivity contribution is 5.88. The smallest absolute Gasteiger partial charge is 0.243 e. The number of amides is 3. The lowest BCUT2D eigenvalue weighted by molar-refractivity contribution is -0.129. The Morgan fingerprint density at radius 1 is 1.29 bits per heavy atom. The molecule has 0 saturated heterocycles. The van der Waals surface area contributed by atoms with Gasteiger partial charge in [-0.2, -0.15) is 0 Å². The summed E-state index contributed by atoms with van der Waals surface area (Å²) in [4.78, 5) is 43.5. The van der Waals surface area contributed by atoms with Gasteiger partial charge in [0.05, 0.1) is 6.04 Å². The van der Waals surface area contributed by atoms with E-state index in [-0.39, 0.29) is 12.8 Å². The van der Waals surface area contributed by atoms with Gasteiger partial charge in [0.25, 0.3) is 0 Å². The van der Waals surface area contributed by atoms with Gasteiger partial charge < -0.3 is 21.2 Å². The summed E-state index contributed by atoms with van der Waals surface area (Å²) in [5.41, 5.74) is 4.96. The van der Waals surface area contributed by atoms with Crippen LogP contribution in [0.25, 0.3) is 0 Å². The normalized spacial score (nSPS) is 13.3. The summed E-state index contributed by atoms with van der Waals surface area (Å²) >= 11 is 0. The van der Waals surface area contributed by atoms with Crippen LogP contribution in [0.15, 0.2) is 0 Å². The van der Waals surface area contributed by atoms with E-state index in [9.17, 15) is 19.2 Å². The van der Waals surface area contributed by atoms with Crippen molar-refractivity contribution in [2.75, 3.05) is 0 Å². The first-order valence-electron chi connectivity index (χ1n) is 5.18. The molecule has 0 bridgehead atoms. The van der Waals surface area contributed by atoms with Gasteiger partial charge in [-0.15, -0.1) is 0 Å². The van der Waals surface area contributed by atoms with E-state index >= 15 is 0 Å². The van der Waals surface area contributed by atoms with Crippen LogP contribution < -0.4 is 16.4 Å². The van der Waals surface area contributed by atoms with Crippen molar-refractivity contribution in [1.82, 2.24) is 10.6 Å². The molecular weight excluding hydrogens is 226 g/mol. The van der Waals surface area contributed by atoms with Crippen LogP contribution in [0, 0.1) is 0 Å². The highest BCUT2D eigenvalue weighted by Crippen LogP contribution is 1.98. The summed E-state index contributed by atoms with van der Waals surface area (Å²) in [6.45, 7) is 2.76. The van der Waals surface area contributed by atoms with E-state index in [1.807, 2.05) is 0 Å². The zero-order valence-electron chi connectivity index (χ0n) is 9.86. The Hall–Kier alpha value is -1.92. The van der Waals surface area contributed by atoms with Gasteiger partial charge in [-0.25, -0.2) is 0 Å². The monoisotopic (exact) mass is 243 g/mol. The van der Waals surface area contributed by atoms with E-state index in [0.29, 0.717) is 6.29 Å².